The molecule has 0 unspecified atom stereocenters. The van der Waals surface area contributed by atoms with Crippen LogP contribution in [0.1, 0.15) is 27.9 Å². The van der Waals surface area contributed by atoms with Gasteiger partial charge in [-0.25, -0.2) is 0 Å². The molecular weight excluding hydrogens is 296 g/mol. The van der Waals surface area contributed by atoms with Gasteiger partial charge in [0.1, 0.15) is 0 Å². The summed E-state index contributed by atoms with van der Waals surface area (Å²) in [6, 6.07) is 14.5. The Morgan fingerprint density at radius 2 is 1.71 bits per heavy atom. The zero-order chi connectivity index (χ0) is 14.7. The largest absolute Gasteiger partial charge is 0.293 e. The minimum absolute atomic E-state index is 0.202. The molecule has 0 aromatic heterocycles. The fourth-order valence-electron chi connectivity index (χ4n) is 2.65. The van der Waals surface area contributed by atoms with E-state index in [1.165, 1.54) is 40.2 Å². The van der Waals surface area contributed by atoms with Gasteiger partial charge >= 0.3 is 0 Å². The fourth-order valence-corrected chi connectivity index (χ4v) is 3.91. The van der Waals surface area contributed by atoms with Crippen LogP contribution < -0.4 is 0 Å². The summed E-state index contributed by atoms with van der Waals surface area (Å²) < 4.78 is 0. The van der Waals surface area contributed by atoms with Crippen LogP contribution >= 0.6 is 23.5 Å². The number of carbonyl (C=O) groups is 1. The average Bonchev–Trinajstić information content (AvgIpc) is 3.00. The van der Waals surface area contributed by atoms with Crippen molar-refractivity contribution in [1.29, 1.82) is 0 Å². The molecule has 3 heteroatoms. The van der Waals surface area contributed by atoms with E-state index < -0.39 is 0 Å². The van der Waals surface area contributed by atoms with Gasteiger partial charge in [-0.3, -0.25) is 4.79 Å². The van der Waals surface area contributed by atoms with Gasteiger partial charge in [0.15, 0.2) is 5.78 Å². The van der Waals surface area contributed by atoms with Crippen molar-refractivity contribution >= 4 is 29.3 Å². The molecule has 1 aliphatic rings. The Labute approximate surface area is 134 Å². The number of rotatable bonds is 5. The summed E-state index contributed by atoms with van der Waals surface area (Å²) in [7, 11) is 0. The summed E-state index contributed by atoms with van der Waals surface area (Å²) in [4.78, 5) is 14.6. The minimum Gasteiger partial charge on any atom is -0.293 e. The Balaban J connectivity index is 1.62. The molecule has 0 fully saturated rings. The maximum absolute atomic E-state index is 12.2. The SMILES string of the molecule is CSc1ccc(C(=O)CSc2ccc3c(c2)CCC3)cc1. The zero-order valence-electron chi connectivity index (χ0n) is 12.1. The summed E-state index contributed by atoms with van der Waals surface area (Å²) in [6.45, 7) is 0. The highest BCUT2D eigenvalue weighted by atomic mass is 32.2. The number of carbonyl (C=O) groups excluding carboxylic acids is 1. The lowest BCUT2D eigenvalue weighted by molar-refractivity contribution is 0.102. The summed E-state index contributed by atoms with van der Waals surface area (Å²) >= 11 is 3.34. The van der Waals surface area contributed by atoms with E-state index in [2.05, 4.69) is 18.2 Å². The van der Waals surface area contributed by atoms with Gasteiger partial charge in [-0.05, 0) is 60.9 Å². The molecule has 1 nitrogen and oxygen atoms in total. The van der Waals surface area contributed by atoms with E-state index in [4.69, 9.17) is 0 Å². The first-order chi connectivity index (χ1) is 10.3. The summed E-state index contributed by atoms with van der Waals surface area (Å²) in [6.07, 6.45) is 5.71. The summed E-state index contributed by atoms with van der Waals surface area (Å²) in [5.74, 6) is 0.713. The predicted octanol–water partition coefficient (Wildman–Crippen LogP) is 4.87. The van der Waals surface area contributed by atoms with Crippen LogP contribution in [0, 0.1) is 0 Å². The van der Waals surface area contributed by atoms with Crippen LogP contribution in [0.4, 0.5) is 0 Å². The van der Waals surface area contributed by atoms with Crippen LogP contribution in [0.3, 0.4) is 0 Å². The maximum atomic E-state index is 12.2. The molecular formula is C18H18OS2. The highest BCUT2D eigenvalue weighted by Gasteiger charge is 2.12. The number of benzene rings is 2. The topological polar surface area (TPSA) is 17.1 Å². The standard InChI is InChI=1S/C18H18OS2/c1-20-16-8-6-14(7-9-16)18(19)12-21-17-10-5-13-3-2-4-15(13)11-17/h5-11H,2-4,12H2,1H3. The second kappa shape index (κ2) is 6.71. The van der Waals surface area contributed by atoms with Crippen LogP contribution in [0.25, 0.3) is 0 Å². The van der Waals surface area contributed by atoms with Gasteiger partial charge < -0.3 is 0 Å². The van der Waals surface area contributed by atoms with Gasteiger partial charge in [-0.15, -0.1) is 23.5 Å². The van der Waals surface area contributed by atoms with Crippen LogP contribution in [0.5, 0.6) is 0 Å². The number of aryl methyl sites for hydroxylation is 2. The number of ketones is 1. The Kier molecular flexibility index (Phi) is 4.71. The monoisotopic (exact) mass is 314 g/mol. The first-order valence-corrected chi connectivity index (χ1v) is 9.39. The third kappa shape index (κ3) is 3.53. The Morgan fingerprint density at radius 1 is 1.00 bits per heavy atom. The van der Waals surface area contributed by atoms with Gasteiger partial charge in [-0.1, -0.05) is 18.2 Å². The van der Waals surface area contributed by atoms with Crippen molar-refractivity contribution in [3.63, 3.8) is 0 Å². The van der Waals surface area contributed by atoms with Gasteiger partial charge in [0.25, 0.3) is 0 Å². The molecule has 0 heterocycles. The van der Waals surface area contributed by atoms with E-state index >= 15 is 0 Å². The highest BCUT2D eigenvalue weighted by molar-refractivity contribution is 8.00. The molecule has 21 heavy (non-hydrogen) atoms. The quantitative estimate of drug-likeness (QED) is 0.579. The van der Waals surface area contributed by atoms with Gasteiger partial charge in [0.05, 0.1) is 5.75 Å². The third-order valence-corrected chi connectivity index (χ3v) is 5.59. The van der Waals surface area contributed by atoms with E-state index in [0.29, 0.717) is 5.75 Å². The number of hydrogen-bond acceptors (Lipinski definition) is 3. The van der Waals surface area contributed by atoms with Crippen molar-refractivity contribution in [3.8, 4) is 0 Å². The second-order valence-electron chi connectivity index (χ2n) is 5.22. The molecule has 3 rings (SSSR count). The lowest BCUT2D eigenvalue weighted by Crippen LogP contribution is -2.02. The van der Waals surface area contributed by atoms with Crippen molar-refractivity contribution in [2.24, 2.45) is 0 Å². The molecule has 0 saturated heterocycles. The normalized spacial score (nSPS) is 13.2. The molecule has 2 aromatic rings. The van der Waals surface area contributed by atoms with Crippen LogP contribution in [-0.2, 0) is 12.8 Å². The number of fused-ring (bicyclic) bond motifs is 1. The highest BCUT2D eigenvalue weighted by Crippen LogP contribution is 2.28. The maximum Gasteiger partial charge on any atom is 0.173 e. The number of hydrogen-bond donors (Lipinski definition) is 0. The smallest absolute Gasteiger partial charge is 0.173 e. The van der Waals surface area contributed by atoms with E-state index in [0.717, 1.165) is 5.56 Å². The van der Waals surface area contributed by atoms with Crippen molar-refractivity contribution in [3.05, 3.63) is 59.2 Å². The number of Topliss-reactive ketones (excluding diaryl/α,β-unsaturated/α-hetero) is 1. The van der Waals surface area contributed by atoms with Crippen molar-refractivity contribution in [1.82, 2.24) is 0 Å². The lowest BCUT2D eigenvalue weighted by Gasteiger charge is -2.05. The van der Waals surface area contributed by atoms with Crippen LogP contribution in [-0.4, -0.2) is 17.8 Å². The molecule has 0 atom stereocenters. The minimum atomic E-state index is 0.202. The van der Waals surface area contributed by atoms with Gasteiger partial charge in [0.2, 0.25) is 0 Å². The Morgan fingerprint density at radius 3 is 2.48 bits per heavy atom. The zero-order valence-corrected chi connectivity index (χ0v) is 13.7. The number of thioether (sulfide) groups is 2. The Bertz CT molecular complexity index is 647. The molecule has 1 aliphatic carbocycles. The lowest BCUT2D eigenvalue weighted by atomic mass is 10.1. The average molecular weight is 314 g/mol. The summed E-state index contributed by atoms with van der Waals surface area (Å²) in [5, 5.41) is 0. The van der Waals surface area contributed by atoms with Crippen molar-refractivity contribution in [2.45, 2.75) is 29.1 Å². The molecule has 0 amide bonds. The molecule has 0 bridgehead atoms. The van der Waals surface area contributed by atoms with Crippen molar-refractivity contribution < 1.29 is 4.79 Å². The molecule has 0 aliphatic heterocycles. The van der Waals surface area contributed by atoms with E-state index in [1.807, 2.05) is 30.5 Å². The van der Waals surface area contributed by atoms with Crippen LogP contribution in [0.2, 0.25) is 0 Å². The summed E-state index contributed by atoms with van der Waals surface area (Å²) in [5.41, 5.74) is 3.76. The second-order valence-corrected chi connectivity index (χ2v) is 7.15. The predicted molar refractivity (Wildman–Crippen MR) is 91.7 cm³/mol. The van der Waals surface area contributed by atoms with Crippen molar-refractivity contribution in [2.75, 3.05) is 12.0 Å². The van der Waals surface area contributed by atoms with E-state index in [-0.39, 0.29) is 5.78 Å². The van der Waals surface area contributed by atoms with E-state index in [1.54, 1.807) is 23.5 Å². The first kappa shape index (κ1) is 14.7. The van der Waals surface area contributed by atoms with Gasteiger partial charge in [0, 0.05) is 15.4 Å². The third-order valence-electron chi connectivity index (χ3n) is 3.85. The van der Waals surface area contributed by atoms with E-state index in [9.17, 15) is 4.79 Å². The molecule has 0 N–H and O–H groups in total. The molecule has 0 spiro atoms. The van der Waals surface area contributed by atoms with Crippen LogP contribution in [0.15, 0.2) is 52.3 Å². The first-order valence-electron chi connectivity index (χ1n) is 7.18. The Hall–Kier alpha value is -1.19. The molecule has 108 valence electrons. The molecule has 0 radical (unpaired) electrons. The van der Waals surface area contributed by atoms with Gasteiger partial charge in [-0.2, -0.15) is 0 Å². The molecule has 0 saturated carbocycles. The fraction of sp³-hybridized carbons (Fsp3) is 0.278. The molecule has 2 aromatic carbocycles.